The number of nitrogens with zero attached hydrogens (tertiary/aromatic N) is 4. The molecule has 7 nitrogen and oxygen atoms in total. The van der Waals surface area contributed by atoms with Gasteiger partial charge in [0.15, 0.2) is 5.82 Å². The van der Waals surface area contributed by atoms with E-state index in [9.17, 15) is 4.79 Å². The van der Waals surface area contributed by atoms with Gasteiger partial charge in [-0.05, 0) is 13.3 Å². The molecule has 1 aliphatic rings. The molecule has 2 aromatic rings. The lowest BCUT2D eigenvalue weighted by atomic mass is 9.96. The smallest absolute Gasteiger partial charge is 0.227 e. The fourth-order valence-electron chi connectivity index (χ4n) is 2.89. The molecule has 3 heterocycles. The van der Waals surface area contributed by atoms with Gasteiger partial charge < -0.3 is 14.4 Å². The first kappa shape index (κ1) is 16.7. The van der Waals surface area contributed by atoms with E-state index in [1.54, 1.807) is 0 Å². The van der Waals surface area contributed by atoms with E-state index in [4.69, 9.17) is 4.52 Å². The van der Waals surface area contributed by atoms with Crippen molar-refractivity contribution in [2.75, 3.05) is 0 Å². The normalized spacial score (nSPS) is 17.6. The summed E-state index contributed by atoms with van der Waals surface area (Å²) in [5.41, 5.74) is 0.884. The number of carbonyl (C=O) groups is 1. The van der Waals surface area contributed by atoms with Crippen LogP contribution in [0.2, 0.25) is 0 Å². The zero-order chi connectivity index (χ0) is 17.3. The number of hydrogen-bond donors (Lipinski definition) is 1. The molecule has 0 saturated heterocycles. The van der Waals surface area contributed by atoms with E-state index in [0.717, 1.165) is 30.9 Å². The summed E-state index contributed by atoms with van der Waals surface area (Å²) >= 11 is 0. The molecule has 0 radical (unpaired) electrons. The number of fused-ring (bicyclic) bond motifs is 1. The van der Waals surface area contributed by atoms with Gasteiger partial charge in [0, 0.05) is 43.5 Å². The van der Waals surface area contributed by atoms with Crippen molar-refractivity contribution >= 4 is 5.91 Å². The number of rotatable bonds is 4. The Morgan fingerprint density at radius 2 is 2.21 bits per heavy atom. The third-order valence-corrected chi connectivity index (χ3v) is 4.18. The Kier molecular flexibility index (Phi) is 4.43. The SMILES string of the molecule is Cc1cn2c(n1)CCC(NC(=O)CCc1nc(C(C)(C)C)no1)C2. The van der Waals surface area contributed by atoms with Crippen molar-refractivity contribution in [1.82, 2.24) is 25.0 Å². The van der Waals surface area contributed by atoms with Crippen LogP contribution in [0.1, 0.15) is 56.8 Å². The molecule has 0 aromatic carbocycles. The van der Waals surface area contributed by atoms with Crippen LogP contribution >= 0.6 is 0 Å². The van der Waals surface area contributed by atoms with Crippen LogP contribution in [-0.2, 0) is 29.6 Å². The molecule has 0 aliphatic carbocycles. The first-order chi connectivity index (χ1) is 11.3. The minimum absolute atomic E-state index is 0.0239. The largest absolute Gasteiger partial charge is 0.352 e. The topological polar surface area (TPSA) is 85.8 Å². The van der Waals surface area contributed by atoms with Gasteiger partial charge in [-0.15, -0.1) is 0 Å². The number of hydrogen-bond acceptors (Lipinski definition) is 5. The lowest BCUT2D eigenvalue weighted by Crippen LogP contribution is -2.41. The molecule has 1 aliphatic heterocycles. The second-order valence-electron chi connectivity index (χ2n) is 7.52. The highest BCUT2D eigenvalue weighted by Gasteiger charge is 2.23. The number of aryl methyl sites for hydroxylation is 3. The third-order valence-electron chi connectivity index (χ3n) is 4.18. The molecule has 0 bridgehead atoms. The van der Waals surface area contributed by atoms with Gasteiger partial charge in [-0.2, -0.15) is 4.98 Å². The lowest BCUT2D eigenvalue weighted by molar-refractivity contribution is -0.122. The molecule has 0 spiro atoms. The van der Waals surface area contributed by atoms with Crippen LogP contribution < -0.4 is 5.32 Å². The van der Waals surface area contributed by atoms with Gasteiger partial charge >= 0.3 is 0 Å². The van der Waals surface area contributed by atoms with Gasteiger partial charge in [-0.3, -0.25) is 4.79 Å². The summed E-state index contributed by atoms with van der Waals surface area (Å²) in [6.45, 7) is 8.88. The van der Waals surface area contributed by atoms with Crippen molar-refractivity contribution in [2.24, 2.45) is 0 Å². The Morgan fingerprint density at radius 3 is 2.92 bits per heavy atom. The maximum atomic E-state index is 12.2. The second-order valence-corrected chi connectivity index (χ2v) is 7.52. The van der Waals surface area contributed by atoms with E-state index in [0.29, 0.717) is 24.6 Å². The van der Waals surface area contributed by atoms with E-state index < -0.39 is 0 Å². The lowest BCUT2D eigenvalue weighted by Gasteiger charge is -2.24. The van der Waals surface area contributed by atoms with Crippen LogP contribution in [0, 0.1) is 6.92 Å². The molecule has 130 valence electrons. The van der Waals surface area contributed by atoms with Gasteiger partial charge in [0.25, 0.3) is 0 Å². The summed E-state index contributed by atoms with van der Waals surface area (Å²) in [5, 5.41) is 7.08. The van der Waals surface area contributed by atoms with Crippen molar-refractivity contribution in [3.8, 4) is 0 Å². The van der Waals surface area contributed by atoms with E-state index in [1.165, 1.54) is 0 Å². The standard InChI is InChI=1S/C17H25N5O2/c1-11-9-22-10-12(5-6-13(22)18-11)19-14(23)7-8-15-20-16(21-24-15)17(2,3)4/h9,12H,5-8,10H2,1-4H3,(H,19,23). The first-order valence-electron chi connectivity index (χ1n) is 8.46. The van der Waals surface area contributed by atoms with Crippen molar-refractivity contribution < 1.29 is 9.32 Å². The molecule has 0 fully saturated rings. The average Bonchev–Trinajstić information content (AvgIpc) is 3.09. The van der Waals surface area contributed by atoms with E-state index in [-0.39, 0.29) is 17.4 Å². The summed E-state index contributed by atoms with van der Waals surface area (Å²) < 4.78 is 7.36. The van der Waals surface area contributed by atoms with Crippen LogP contribution in [0.4, 0.5) is 0 Å². The third kappa shape index (κ3) is 3.83. The maximum absolute atomic E-state index is 12.2. The minimum atomic E-state index is -0.146. The van der Waals surface area contributed by atoms with Crippen molar-refractivity contribution in [3.63, 3.8) is 0 Å². The van der Waals surface area contributed by atoms with Crippen molar-refractivity contribution in [1.29, 1.82) is 0 Å². The van der Waals surface area contributed by atoms with Crippen LogP contribution in [0.15, 0.2) is 10.7 Å². The van der Waals surface area contributed by atoms with Gasteiger partial charge in [0.1, 0.15) is 5.82 Å². The van der Waals surface area contributed by atoms with Crippen LogP contribution in [0.5, 0.6) is 0 Å². The second kappa shape index (κ2) is 6.37. The van der Waals surface area contributed by atoms with E-state index >= 15 is 0 Å². The molecular weight excluding hydrogens is 306 g/mol. The predicted octanol–water partition coefficient (Wildman–Crippen LogP) is 1.94. The van der Waals surface area contributed by atoms with Crippen LogP contribution in [0.25, 0.3) is 0 Å². The number of imidazole rings is 1. The van der Waals surface area contributed by atoms with Crippen molar-refractivity contribution in [3.05, 3.63) is 29.4 Å². The summed E-state index contributed by atoms with van der Waals surface area (Å²) in [6, 6.07) is 0.159. The number of nitrogens with one attached hydrogen (secondary N) is 1. The van der Waals surface area contributed by atoms with E-state index in [2.05, 4.69) is 25.0 Å². The molecule has 1 atom stereocenters. The van der Waals surface area contributed by atoms with Gasteiger partial charge in [0.2, 0.25) is 11.8 Å². The van der Waals surface area contributed by atoms with Crippen molar-refractivity contribution in [2.45, 2.75) is 71.4 Å². The molecule has 7 heteroatoms. The van der Waals surface area contributed by atoms with Gasteiger partial charge in [-0.25, -0.2) is 4.98 Å². The summed E-state index contributed by atoms with van der Waals surface area (Å²) in [5.74, 6) is 2.33. The molecule has 1 amide bonds. The molecule has 3 rings (SSSR count). The fraction of sp³-hybridized carbons (Fsp3) is 0.647. The summed E-state index contributed by atoms with van der Waals surface area (Å²) in [4.78, 5) is 21.0. The number of carbonyl (C=O) groups excluding carboxylic acids is 1. The fourth-order valence-corrected chi connectivity index (χ4v) is 2.89. The Morgan fingerprint density at radius 1 is 1.42 bits per heavy atom. The highest BCUT2D eigenvalue weighted by atomic mass is 16.5. The molecule has 1 N–H and O–H groups in total. The molecule has 2 aromatic heterocycles. The summed E-state index contributed by atoms with van der Waals surface area (Å²) in [7, 11) is 0. The zero-order valence-corrected chi connectivity index (χ0v) is 14.8. The molecular formula is C17H25N5O2. The van der Waals surface area contributed by atoms with E-state index in [1.807, 2.05) is 33.9 Å². The Labute approximate surface area is 141 Å². The quantitative estimate of drug-likeness (QED) is 0.925. The maximum Gasteiger partial charge on any atom is 0.227 e. The van der Waals surface area contributed by atoms with Crippen LogP contribution in [0.3, 0.4) is 0 Å². The molecule has 24 heavy (non-hydrogen) atoms. The minimum Gasteiger partial charge on any atom is -0.352 e. The molecule has 1 unspecified atom stereocenters. The number of aromatic nitrogens is 4. The highest BCUT2D eigenvalue weighted by molar-refractivity contribution is 5.76. The summed E-state index contributed by atoms with van der Waals surface area (Å²) in [6.07, 6.45) is 4.70. The van der Waals surface area contributed by atoms with Gasteiger partial charge in [0.05, 0.1) is 5.69 Å². The average molecular weight is 331 g/mol. The van der Waals surface area contributed by atoms with Gasteiger partial charge in [-0.1, -0.05) is 25.9 Å². The first-order valence-corrected chi connectivity index (χ1v) is 8.46. The molecule has 0 saturated carbocycles. The Balaban J connectivity index is 1.49. The predicted molar refractivity (Wildman–Crippen MR) is 88.5 cm³/mol. The van der Waals surface area contributed by atoms with Crippen LogP contribution in [-0.4, -0.2) is 31.6 Å². The highest BCUT2D eigenvalue weighted by Crippen LogP contribution is 2.19. The number of amides is 1. The Hall–Kier alpha value is -2.18. The zero-order valence-electron chi connectivity index (χ0n) is 14.8. The Bertz CT molecular complexity index is 726. The monoisotopic (exact) mass is 331 g/mol.